The number of aromatic nitrogens is 4. The molecule has 0 spiro atoms. The van der Waals surface area contributed by atoms with Crippen molar-refractivity contribution in [2.75, 3.05) is 20.2 Å². The lowest BCUT2D eigenvalue weighted by Gasteiger charge is -2.25. The van der Waals surface area contributed by atoms with Crippen molar-refractivity contribution in [3.8, 4) is 17.3 Å². The van der Waals surface area contributed by atoms with E-state index in [4.69, 9.17) is 15.5 Å². The van der Waals surface area contributed by atoms with E-state index in [0.29, 0.717) is 29.3 Å². The van der Waals surface area contributed by atoms with Crippen LogP contribution < -0.4 is 10.5 Å². The highest BCUT2D eigenvalue weighted by Crippen LogP contribution is 2.38. The lowest BCUT2D eigenvalue weighted by Crippen LogP contribution is -2.42. The largest absolute Gasteiger partial charge is 0.494 e. The molecule has 2 aromatic carbocycles. The number of carbonyl (C=O) groups excluding carboxylic acids is 1. The number of carbonyl (C=O) groups is 1. The minimum Gasteiger partial charge on any atom is -0.494 e. The number of ether oxygens (including phenoxy) is 1. The number of para-hydroxylation sites is 1. The van der Waals surface area contributed by atoms with Crippen LogP contribution in [0.4, 0.5) is 4.39 Å². The van der Waals surface area contributed by atoms with E-state index in [9.17, 15) is 9.18 Å². The van der Waals surface area contributed by atoms with Gasteiger partial charge in [0.15, 0.2) is 5.82 Å². The minimum atomic E-state index is -1.18. The van der Waals surface area contributed by atoms with Gasteiger partial charge in [-0.2, -0.15) is 0 Å². The third-order valence-corrected chi connectivity index (χ3v) is 7.81. The zero-order valence-corrected chi connectivity index (χ0v) is 24.3. The number of amides is 1. The fourth-order valence-electron chi connectivity index (χ4n) is 5.75. The van der Waals surface area contributed by atoms with Gasteiger partial charge in [0.05, 0.1) is 24.9 Å². The maximum atomic E-state index is 14.1. The van der Waals surface area contributed by atoms with Crippen LogP contribution in [-0.2, 0) is 13.1 Å². The second kappa shape index (κ2) is 11.6. The van der Waals surface area contributed by atoms with E-state index in [1.165, 1.54) is 30.2 Å². The molecule has 42 heavy (non-hydrogen) atoms. The van der Waals surface area contributed by atoms with Gasteiger partial charge in [0.25, 0.3) is 5.91 Å². The monoisotopic (exact) mass is 568 g/mol. The lowest BCUT2D eigenvalue weighted by molar-refractivity contribution is 0.0706. The van der Waals surface area contributed by atoms with Crippen molar-refractivity contribution < 1.29 is 13.9 Å². The predicted molar refractivity (Wildman–Crippen MR) is 163 cm³/mol. The Labute approximate surface area is 244 Å². The van der Waals surface area contributed by atoms with Crippen LogP contribution in [0.2, 0.25) is 0 Å². The molecule has 3 heterocycles. The predicted octanol–water partition coefficient (Wildman–Crippen LogP) is 5.67. The van der Waals surface area contributed by atoms with Gasteiger partial charge in [-0.05, 0) is 74.6 Å². The van der Waals surface area contributed by atoms with Crippen LogP contribution in [0.25, 0.3) is 33.5 Å². The second-order valence-electron chi connectivity index (χ2n) is 11.5. The first kappa shape index (κ1) is 27.9. The minimum absolute atomic E-state index is 0.0380. The van der Waals surface area contributed by atoms with Crippen molar-refractivity contribution in [3.63, 3.8) is 0 Å². The highest BCUT2D eigenvalue weighted by atomic mass is 19.1. The molecular weight excluding hydrogens is 531 g/mol. The van der Waals surface area contributed by atoms with Crippen LogP contribution in [0.5, 0.6) is 5.75 Å². The third kappa shape index (κ3) is 5.61. The van der Waals surface area contributed by atoms with E-state index in [0.717, 1.165) is 34.5 Å². The molecule has 2 atom stereocenters. The summed E-state index contributed by atoms with van der Waals surface area (Å²) in [5.74, 6) is 1.68. The maximum absolute atomic E-state index is 14.1. The van der Waals surface area contributed by atoms with Crippen molar-refractivity contribution in [1.29, 1.82) is 0 Å². The summed E-state index contributed by atoms with van der Waals surface area (Å²) in [5, 5.41) is 1.16. The molecule has 0 aliphatic heterocycles. The van der Waals surface area contributed by atoms with Crippen molar-refractivity contribution in [3.05, 3.63) is 78.1 Å². The zero-order valence-electron chi connectivity index (χ0n) is 24.3. The number of hydrogen-bond donors (Lipinski definition) is 1. The Morgan fingerprint density at radius 1 is 1.10 bits per heavy atom. The average Bonchev–Trinajstić information content (AvgIpc) is 3.63. The van der Waals surface area contributed by atoms with Gasteiger partial charge >= 0.3 is 0 Å². The molecule has 0 bridgehead atoms. The molecule has 0 radical (unpaired) electrons. The number of nitrogens with two attached hydrogens (primary N) is 1. The number of fused-ring (bicyclic) bond motifs is 2. The van der Waals surface area contributed by atoms with Gasteiger partial charge in [0.1, 0.15) is 17.4 Å². The Morgan fingerprint density at radius 3 is 2.55 bits per heavy atom. The standard InChI is InChI=1S/C33H37FN6O2/c1-21(34)17-38(18-22(2)35)33(41)26-14-27-31(30(16-26)42-3)40(20-24-10-12-36-13-11-24)32(37-27)29-15-25-6-4-5-7-28(25)39(29)19-23-8-9-23/h4-7,10-16,21-23H,8-9,17-20,35H2,1-3H3/t21-,22-/m1/s1. The van der Waals surface area contributed by atoms with Crippen LogP contribution >= 0.6 is 0 Å². The highest BCUT2D eigenvalue weighted by molar-refractivity contribution is 6.00. The Balaban J connectivity index is 1.55. The lowest BCUT2D eigenvalue weighted by atomic mass is 10.1. The summed E-state index contributed by atoms with van der Waals surface area (Å²) in [6.45, 7) is 4.93. The Hall–Kier alpha value is -4.24. The summed E-state index contributed by atoms with van der Waals surface area (Å²) in [6, 6.07) is 17.8. The molecule has 5 aromatic rings. The molecule has 0 unspecified atom stereocenters. The molecule has 8 nitrogen and oxygen atoms in total. The summed E-state index contributed by atoms with van der Waals surface area (Å²) < 4.78 is 24.5. The van der Waals surface area contributed by atoms with Crippen molar-refractivity contribution in [1.82, 2.24) is 24.0 Å². The van der Waals surface area contributed by atoms with Crippen LogP contribution in [-0.4, -0.2) is 62.3 Å². The van der Waals surface area contributed by atoms with Gasteiger partial charge in [0.2, 0.25) is 0 Å². The van der Waals surface area contributed by atoms with E-state index in [2.05, 4.69) is 44.5 Å². The fraction of sp³-hybridized carbons (Fsp3) is 0.364. The van der Waals surface area contributed by atoms with Crippen molar-refractivity contribution >= 4 is 27.8 Å². The summed E-state index contributed by atoms with van der Waals surface area (Å²) in [4.78, 5) is 24.5. The topological polar surface area (TPSA) is 91.2 Å². The van der Waals surface area contributed by atoms with Crippen LogP contribution in [0.3, 0.4) is 0 Å². The molecule has 6 rings (SSSR count). The van der Waals surface area contributed by atoms with E-state index in [1.54, 1.807) is 38.6 Å². The van der Waals surface area contributed by atoms with E-state index in [1.807, 2.05) is 12.1 Å². The third-order valence-electron chi connectivity index (χ3n) is 7.81. The molecule has 1 fully saturated rings. The second-order valence-corrected chi connectivity index (χ2v) is 11.5. The van der Waals surface area contributed by atoms with Gasteiger partial charge in [-0.1, -0.05) is 18.2 Å². The average molecular weight is 569 g/mol. The molecule has 9 heteroatoms. The van der Waals surface area contributed by atoms with Crippen LogP contribution in [0.15, 0.2) is 67.0 Å². The first-order valence-electron chi connectivity index (χ1n) is 14.6. The number of benzene rings is 2. The Morgan fingerprint density at radius 2 is 1.86 bits per heavy atom. The molecule has 3 aromatic heterocycles. The zero-order chi connectivity index (χ0) is 29.4. The molecule has 218 valence electrons. The summed E-state index contributed by atoms with van der Waals surface area (Å²) >= 11 is 0. The summed E-state index contributed by atoms with van der Waals surface area (Å²) in [6.07, 6.45) is 4.84. The van der Waals surface area contributed by atoms with Crippen molar-refractivity contribution in [2.24, 2.45) is 11.7 Å². The van der Waals surface area contributed by atoms with Gasteiger partial charge in [-0.3, -0.25) is 9.78 Å². The van der Waals surface area contributed by atoms with Gasteiger partial charge in [0, 0.05) is 54.5 Å². The number of alkyl halides is 1. The summed E-state index contributed by atoms with van der Waals surface area (Å²) in [7, 11) is 1.60. The molecule has 0 saturated heterocycles. The highest BCUT2D eigenvalue weighted by Gasteiger charge is 2.28. The number of imidazole rings is 1. The molecular formula is C33H37FN6O2. The smallest absolute Gasteiger partial charge is 0.254 e. The van der Waals surface area contributed by atoms with E-state index < -0.39 is 6.17 Å². The molecule has 2 N–H and O–H groups in total. The van der Waals surface area contributed by atoms with Crippen molar-refractivity contribution in [2.45, 2.75) is 52.0 Å². The van der Waals surface area contributed by atoms with Crippen LogP contribution in [0.1, 0.15) is 42.6 Å². The molecule has 1 aliphatic carbocycles. The Bertz CT molecular complexity index is 1710. The first-order valence-corrected chi connectivity index (χ1v) is 14.6. The first-order chi connectivity index (χ1) is 20.3. The number of halogens is 1. The van der Waals surface area contributed by atoms with Crippen LogP contribution in [0, 0.1) is 5.92 Å². The molecule has 1 amide bonds. The number of methoxy groups -OCH3 is 1. The van der Waals surface area contributed by atoms with Gasteiger partial charge < -0.3 is 24.5 Å². The van der Waals surface area contributed by atoms with Gasteiger partial charge in [-0.15, -0.1) is 0 Å². The van der Waals surface area contributed by atoms with Gasteiger partial charge in [-0.25, -0.2) is 9.37 Å². The summed E-state index contributed by atoms with van der Waals surface area (Å²) in [5.41, 5.74) is 11.1. The fourth-order valence-corrected chi connectivity index (χ4v) is 5.75. The quantitative estimate of drug-likeness (QED) is 0.222. The van der Waals surface area contributed by atoms with E-state index >= 15 is 0 Å². The Kier molecular flexibility index (Phi) is 7.68. The normalized spacial score (nSPS) is 14.8. The number of hydrogen-bond acceptors (Lipinski definition) is 5. The number of rotatable bonds is 11. The SMILES string of the molecule is COc1cc(C(=O)N(C[C@@H](C)N)C[C@@H](C)F)cc2nc(-c3cc4ccccc4n3CC3CC3)n(Cc3ccncc3)c12. The maximum Gasteiger partial charge on any atom is 0.254 e. The molecule has 1 aliphatic rings. The number of pyridine rings is 1. The number of nitrogens with zero attached hydrogens (tertiary/aromatic N) is 5. The molecule has 1 saturated carbocycles. The van der Waals surface area contributed by atoms with E-state index in [-0.39, 0.29) is 25.0 Å².